The van der Waals surface area contributed by atoms with Gasteiger partial charge in [-0.2, -0.15) is 0 Å². The summed E-state index contributed by atoms with van der Waals surface area (Å²) in [5, 5.41) is 7.44. The Kier molecular flexibility index (Phi) is 10.4. The van der Waals surface area contributed by atoms with Crippen LogP contribution in [0.25, 0.3) is 22.2 Å². The van der Waals surface area contributed by atoms with Gasteiger partial charge in [-0.15, -0.1) is 0 Å². The van der Waals surface area contributed by atoms with Gasteiger partial charge >= 0.3 is 6.09 Å². The van der Waals surface area contributed by atoms with Gasteiger partial charge in [-0.25, -0.2) is 9.78 Å². The molecule has 3 aromatic rings. The second-order valence-electron chi connectivity index (χ2n) is 14.7. The predicted molar refractivity (Wildman–Crippen MR) is 177 cm³/mol. The fourth-order valence-electron chi connectivity index (χ4n) is 5.87. The number of hydrogen-bond acceptors (Lipinski definition) is 7. The molecular weight excluding hydrogens is 572 g/mol. The fourth-order valence-corrected chi connectivity index (χ4v) is 6.93. The van der Waals surface area contributed by atoms with Crippen molar-refractivity contribution in [3.63, 3.8) is 0 Å². The number of alkyl carbamates (subject to hydrolysis) is 1. The van der Waals surface area contributed by atoms with Crippen LogP contribution in [0.1, 0.15) is 110 Å². The van der Waals surface area contributed by atoms with Gasteiger partial charge in [0.1, 0.15) is 17.2 Å². The third-order valence-electron chi connectivity index (χ3n) is 9.13. The van der Waals surface area contributed by atoms with Crippen molar-refractivity contribution in [2.75, 3.05) is 13.2 Å². The van der Waals surface area contributed by atoms with E-state index in [4.69, 9.17) is 23.4 Å². The third kappa shape index (κ3) is 7.93. The smallest absolute Gasteiger partial charge is 0.408 e. The molecule has 0 spiro atoms. The van der Waals surface area contributed by atoms with Crippen molar-refractivity contribution in [2.24, 2.45) is 0 Å². The first-order valence-corrected chi connectivity index (χ1v) is 19.1. The Labute approximate surface area is 264 Å². The molecule has 1 aliphatic carbocycles. The highest BCUT2D eigenvalue weighted by molar-refractivity contribution is 6.74. The van der Waals surface area contributed by atoms with Gasteiger partial charge in [-0.3, -0.25) is 0 Å². The van der Waals surface area contributed by atoms with Crippen LogP contribution in [0, 0.1) is 13.8 Å². The lowest BCUT2D eigenvalue weighted by Gasteiger charge is -2.36. The Bertz CT molecular complexity index is 1400. The Morgan fingerprint density at radius 1 is 1.11 bits per heavy atom. The first kappa shape index (κ1) is 34.2. The molecule has 244 valence electrons. The number of aromatic nitrogens is 3. The van der Waals surface area contributed by atoms with E-state index in [0.717, 1.165) is 71.7 Å². The first-order chi connectivity index (χ1) is 20.5. The van der Waals surface area contributed by atoms with Gasteiger partial charge < -0.3 is 28.3 Å². The van der Waals surface area contributed by atoms with Gasteiger partial charge in [0.05, 0.1) is 28.9 Å². The maximum atomic E-state index is 13.2. The van der Waals surface area contributed by atoms with Crippen LogP contribution in [-0.2, 0) is 13.9 Å². The van der Waals surface area contributed by atoms with Gasteiger partial charge in [-0.05, 0) is 109 Å². The molecule has 1 aliphatic rings. The van der Waals surface area contributed by atoms with Gasteiger partial charge in [0.15, 0.2) is 8.32 Å². The topological polar surface area (TPSA) is 101 Å². The standard InChI is InChI=1S/C34H54N4O5Si/c1-12-40-26-16-14-25(15-17-26)38-29-18-13-24(30-22(2)37-43-23(30)3)21-28(29)35-31(38)27(36-32(39)42-33(4,5)6)19-20-41-44(10,11)34(7,8)9/h13,18,21,25-27H,12,14-17,19-20H2,1-11H3,(H,36,39)/t25?,26?,27-/m1/s1. The van der Waals surface area contributed by atoms with E-state index in [0.29, 0.717) is 13.0 Å². The molecule has 4 rings (SSSR count). The lowest BCUT2D eigenvalue weighted by Crippen LogP contribution is -2.42. The average molecular weight is 627 g/mol. The number of fused-ring (bicyclic) bond motifs is 1. The second-order valence-corrected chi connectivity index (χ2v) is 19.5. The molecule has 2 aromatic heterocycles. The summed E-state index contributed by atoms with van der Waals surface area (Å²) >= 11 is 0. The molecule has 2 heterocycles. The summed E-state index contributed by atoms with van der Waals surface area (Å²) in [6.07, 6.45) is 4.36. The summed E-state index contributed by atoms with van der Waals surface area (Å²) in [7, 11) is -1.99. The third-order valence-corrected chi connectivity index (χ3v) is 13.7. The zero-order chi connectivity index (χ0) is 32.4. The van der Waals surface area contributed by atoms with Crippen LogP contribution in [0.15, 0.2) is 22.7 Å². The SMILES string of the molecule is CCOC1CCC(n2c([C@@H](CCO[Si](C)(C)C(C)(C)C)NC(=O)OC(C)(C)C)nc3cc(-c4c(C)noc4C)ccc32)CC1. The minimum absolute atomic E-state index is 0.0854. The number of ether oxygens (including phenoxy) is 2. The maximum Gasteiger partial charge on any atom is 0.408 e. The largest absolute Gasteiger partial charge is 0.444 e. The number of benzene rings is 1. The number of imidazole rings is 1. The van der Waals surface area contributed by atoms with Gasteiger partial charge in [0, 0.05) is 24.8 Å². The van der Waals surface area contributed by atoms with E-state index < -0.39 is 26.1 Å². The van der Waals surface area contributed by atoms with Crippen LogP contribution in [0.2, 0.25) is 18.1 Å². The Hall–Kier alpha value is -2.69. The number of carbonyl (C=O) groups is 1. The maximum absolute atomic E-state index is 13.2. The number of hydrogen-bond donors (Lipinski definition) is 1. The molecule has 9 nitrogen and oxygen atoms in total. The molecule has 1 atom stereocenters. The molecule has 10 heteroatoms. The molecule has 0 aliphatic heterocycles. The molecule has 1 amide bonds. The van der Waals surface area contributed by atoms with Crippen LogP contribution < -0.4 is 5.32 Å². The van der Waals surface area contributed by atoms with E-state index in [1.807, 2.05) is 34.6 Å². The molecular formula is C34H54N4O5Si. The Morgan fingerprint density at radius 2 is 1.80 bits per heavy atom. The molecule has 0 unspecified atom stereocenters. The number of nitrogens with zero attached hydrogens (tertiary/aromatic N) is 3. The second kappa shape index (κ2) is 13.3. The van der Waals surface area contributed by atoms with Gasteiger partial charge in [0.2, 0.25) is 0 Å². The summed E-state index contributed by atoms with van der Waals surface area (Å²) in [4.78, 5) is 18.5. The molecule has 0 radical (unpaired) electrons. The summed E-state index contributed by atoms with van der Waals surface area (Å²) in [5.41, 5.74) is 4.17. The molecule has 44 heavy (non-hydrogen) atoms. The van der Waals surface area contributed by atoms with Crippen LogP contribution in [0.3, 0.4) is 0 Å². The lowest BCUT2D eigenvalue weighted by atomic mass is 9.92. The quantitative estimate of drug-likeness (QED) is 0.224. The average Bonchev–Trinajstić information content (AvgIpc) is 3.45. The molecule has 1 N–H and O–H groups in total. The fraction of sp³-hybridized carbons (Fsp3) is 0.676. The minimum Gasteiger partial charge on any atom is -0.444 e. The predicted octanol–water partition coefficient (Wildman–Crippen LogP) is 8.81. The molecule has 0 bridgehead atoms. The monoisotopic (exact) mass is 626 g/mol. The lowest BCUT2D eigenvalue weighted by molar-refractivity contribution is 0.0270. The summed E-state index contributed by atoms with van der Waals surface area (Å²) in [6, 6.07) is 6.23. The van der Waals surface area contributed by atoms with Crippen molar-refractivity contribution in [3.8, 4) is 11.1 Å². The zero-order valence-corrected chi connectivity index (χ0v) is 29.8. The van der Waals surface area contributed by atoms with Crippen molar-refractivity contribution in [2.45, 2.75) is 136 Å². The van der Waals surface area contributed by atoms with E-state index in [-0.39, 0.29) is 17.2 Å². The number of rotatable bonds is 10. The van der Waals surface area contributed by atoms with E-state index in [9.17, 15) is 4.79 Å². The number of amides is 1. The summed E-state index contributed by atoms with van der Waals surface area (Å²) < 4.78 is 26.1. The highest BCUT2D eigenvalue weighted by atomic mass is 28.4. The minimum atomic E-state index is -1.99. The van der Waals surface area contributed by atoms with Crippen molar-refractivity contribution < 1.29 is 23.2 Å². The van der Waals surface area contributed by atoms with Crippen LogP contribution in [0.4, 0.5) is 4.79 Å². The highest BCUT2D eigenvalue weighted by Gasteiger charge is 2.38. The highest BCUT2D eigenvalue weighted by Crippen LogP contribution is 2.39. The number of aryl methyl sites for hydroxylation is 2. The zero-order valence-electron chi connectivity index (χ0n) is 28.8. The molecule has 1 saturated carbocycles. The number of carbonyl (C=O) groups excluding carboxylic acids is 1. The molecule has 1 fully saturated rings. The van der Waals surface area contributed by atoms with Crippen molar-refractivity contribution in [1.82, 2.24) is 20.0 Å². The van der Waals surface area contributed by atoms with E-state index in [1.165, 1.54) is 0 Å². The summed E-state index contributed by atoms with van der Waals surface area (Å²) in [5.74, 6) is 1.61. The van der Waals surface area contributed by atoms with Crippen LogP contribution >= 0.6 is 0 Å². The van der Waals surface area contributed by atoms with Crippen molar-refractivity contribution in [1.29, 1.82) is 0 Å². The van der Waals surface area contributed by atoms with E-state index in [1.54, 1.807) is 0 Å². The Morgan fingerprint density at radius 3 is 2.36 bits per heavy atom. The van der Waals surface area contributed by atoms with Gasteiger partial charge in [0.25, 0.3) is 0 Å². The first-order valence-electron chi connectivity index (χ1n) is 16.2. The van der Waals surface area contributed by atoms with Gasteiger partial charge in [-0.1, -0.05) is 32.0 Å². The Balaban J connectivity index is 1.77. The van der Waals surface area contributed by atoms with Crippen molar-refractivity contribution in [3.05, 3.63) is 35.5 Å². The van der Waals surface area contributed by atoms with Crippen molar-refractivity contribution >= 4 is 25.4 Å². The van der Waals surface area contributed by atoms with Crippen LogP contribution in [0.5, 0.6) is 0 Å². The van der Waals surface area contributed by atoms with E-state index in [2.05, 4.69) is 74.0 Å². The normalized spacial score (nSPS) is 18.9. The number of nitrogens with one attached hydrogen (secondary N) is 1. The molecule has 1 aromatic carbocycles. The van der Waals surface area contributed by atoms with Crippen LogP contribution in [-0.4, -0.2) is 54.0 Å². The van der Waals surface area contributed by atoms with E-state index >= 15 is 0 Å². The summed E-state index contributed by atoms with van der Waals surface area (Å²) in [6.45, 7) is 24.1. The molecule has 0 saturated heterocycles.